The molecule has 0 saturated heterocycles. The number of hydrogen-bond donors (Lipinski definition) is 3. The molecule has 0 spiro atoms. The van der Waals surface area contributed by atoms with E-state index in [2.05, 4.69) is 10.4 Å². The van der Waals surface area contributed by atoms with Crippen LogP contribution in [0.15, 0.2) is 36.0 Å². The lowest BCUT2D eigenvalue weighted by atomic mass is 9.90. The quantitative estimate of drug-likeness (QED) is 0.520. The van der Waals surface area contributed by atoms with Gasteiger partial charge in [0.2, 0.25) is 5.91 Å². The molecule has 0 aliphatic heterocycles. The maximum absolute atomic E-state index is 13.1. The van der Waals surface area contributed by atoms with Crippen molar-refractivity contribution in [3.63, 3.8) is 0 Å². The zero-order valence-corrected chi connectivity index (χ0v) is 20.2. The Bertz CT molecular complexity index is 1170. The molecule has 2 atom stereocenters. The molecule has 35 heavy (non-hydrogen) atoms. The topological polar surface area (TPSA) is 140 Å². The van der Waals surface area contributed by atoms with Crippen LogP contribution in [0.4, 0.5) is 19.0 Å². The highest BCUT2D eigenvalue weighted by molar-refractivity contribution is 6.03. The first kappa shape index (κ1) is 27.4. The third kappa shape index (κ3) is 6.85. The molecule has 0 saturated carbocycles. The molecule has 1 aromatic carbocycles. The number of anilines is 1. The van der Waals surface area contributed by atoms with Crippen molar-refractivity contribution in [2.75, 3.05) is 5.73 Å². The SMILES string of the molecule is CC(C(=O)NC(=O)C=C(N)CC(C)(C)C)c1ccc(-c2nn(C(C)C(F)(F)F)c(N)c2C#N)cc1. The molecule has 0 bridgehead atoms. The molecular weight excluding hydrogens is 461 g/mol. The summed E-state index contributed by atoms with van der Waals surface area (Å²) in [5, 5.41) is 15.6. The van der Waals surface area contributed by atoms with E-state index >= 15 is 0 Å². The first-order chi connectivity index (χ1) is 16.0. The molecule has 0 aliphatic rings. The minimum absolute atomic E-state index is 0.000562. The van der Waals surface area contributed by atoms with Crippen molar-refractivity contribution in [3.05, 3.63) is 47.2 Å². The van der Waals surface area contributed by atoms with Crippen molar-refractivity contribution < 1.29 is 22.8 Å². The molecular formula is C24H29F3N6O2. The minimum Gasteiger partial charge on any atom is -0.402 e. The van der Waals surface area contributed by atoms with Crippen molar-refractivity contribution in [2.24, 2.45) is 11.1 Å². The molecule has 0 fully saturated rings. The van der Waals surface area contributed by atoms with Gasteiger partial charge in [-0.25, -0.2) is 4.68 Å². The minimum atomic E-state index is -4.60. The largest absolute Gasteiger partial charge is 0.410 e. The molecule has 2 unspecified atom stereocenters. The first-order valence-electron chi connectivity index (χ1n) is 10.8. The van der Waals surface area contributed by atoms with Crippen molar-refractivity contribution in [1.82, 2.24) is 15.1 Å². The van der Waals surface area contributed by atoms with Crippen LogP contribution in [-0.2, 0) is 9.59 Å². The molecule has 2 rings (SSSR count). The molecule has 0 radical (unpaired) electrons. The summed E-state index contributed by atoms with van der Waals surface area (Å²) < 4.78 is 40.0. The molecule has 8 nitrogen and oxygen atoms in total. The summed E-state index contributed by atoms with van der Waals surface area (Å²) >= 11 is 0. The van der Waals surface area contributed by atoms with Crippen LogP contribution in [0.25, 0.3) is 11.3 Å². The van der Waals surface area contributed by atoms with Gasteiger partial charge in [0.05, 0.1) is 5.92 Å². The highest BCUT2D eigenvalue weighted by atomic mass is 19.4. The van der Waals surface area contributed by atoms with Crippen molar-refractivity contribution >= 4 is 17.6 Å². The van der Waals surface area contributed by atoms with E-state index in [1.807, 2.05) is 20.8 Å². The van der Waals surface area contributed by atoms with E-state index in [4.69, 9.17) is 11.5 Å². The van der Waals surface area contributed by atoms with Crippen LogP contribution >= 0.6 is 0 Å². The number of carbonyl (C=O) groups excluding carboxylic acids is 2. The number of nitriles is 1. The van der Waals surface area contributed by atoms with Crippen LogP contribution in [0.5, 0.6) is 0 Å². The fourth-order valence-corrected chi connectivity index (χ4v) is 3.37. The number of halogens is 3. The van der Waals surface area contributed by atoms with Gasteiger partial charge < -0.3 is 11.5 Å². The van der Waals surface area contributed by atoms with Gasteiger partial charge >= 0.3 is 6.18 Å². The van der Waals surface area contributed by atoms with Crippen LogP contribution in [0.1, 0.15) is 64.1 Å². The predicted molar refractivity (Wildman–Crippen MR) is 125 cm³/mol. The van der Waals surface area contributed by atoms with Crippen molar-refractivity contribution in [3.8, 4) is 17.3 Å². The van der Waals surface area contributed by atoms with Gasteiger partial charge in [-0.1, -0.05) is 45.0 Å². The third-order valence-electron chi connectivity index (χ3n) is 5.27. The number of benzene rings is 1. The molecule has 5 N–H and O–H groups in total. The van der Waals surface area contributed by atoms with Crippen LogP contribution in [0, 0.1) is 16.7 Å². The Morgan fingerprint density at radius 3 is 2.26 bits per heavy atom. The van der Waals surface area contributed by atoms with Gasteiger partial charge in [-0.15, -0.1) is 0 Å². The number of aromatic nitrogens is 2. The summed E-state index contributed by atoms with van der Waals surface area (Å²) in [5.41, 5.74) is 12.6. The lowest BCUT2D eigenvalue weighted by Crippen LogP contribution is -2.33. The number of nitrogens with one attached hydrogen (secondary N) is 1. The summed E-state index contributed by atoms with van der Waals surface area (Å²) in [5.74, 6) is -2.28. The van der Waals surface area contributed by atoms with Gasteiger partial charge in [0, 0.05) is 17.3 Å². The Kier molecular flexibility index (Phi) is 8.00. The van der Waals surface area contributed by atoms with Gasteiger partial charge in [0.1, 0.15) is 29.2 Å². The second-order valence-electron chi connectivity index (χ2n) is 9.54. The molecule has 2 amide bonds. The normalized spacial score (nSPS) is 14.2. The van der Waals surface area contributed by atoms with E-state index in [-0.39, 0.29) is 22.5 Å². The van der Waals surface area contributed by atoms with Gasteiger partial charge in [0.25, 0.3) is 5.91 Å². The Morgan fingerprint density at radius 2 is 1.77 bits per heavy atom. The molecule has 188 valence electrons. The fraction of sp³-hybridized carbons (Fsp3) is 0.417. The second kappa shape index (κ2) is 10.2. The number of nitrogens with two attached hydrogens (primary N) is 2. The summed E-state index contributed by atoms with van der Waals surface area (Å²) in [6.07, 6.45) is -2.93. The Morgan fingerprint density at radius 1 is 1.20 bits per heavy atom. The number of hydrogen-bond acceptors (Lipinski definition) is 6. The highest BCUT2D eigenvalue weighted by Crippen LogP contribution is 2.35. The molecule has 1 heterocycles. The zero-order chi connectivity index (χ0) is 26.7. The molecule has 2 aromatic rings. The van der Waals surface area contributed by atoms with Gasteiger partial charge in [-0.3, -0.25) is 14.9 Å². The van der Waals surface area contributed by atoms with E-state index in [1.54, 1.807) is 25.1 Å². The first-order valence-corrected chi connectivity index (χ1v) is 10.8. The zero-order valence-electron chi connectivity index (χ0n) is 20.2. The molecule has 0 aliphatic carbocycles. The summed E-state index contributed by atoms with van der Waals surface area (Å²) in [6.45, 7) is 8.40. The van der Waals surface area contributed by atoms with Crippen molar-refractivity contribution in [1.29, 1.82) is 5.26 Å². The summed E-state index contributed by atoms with van der Waals surface area (Å²) in [6, 6.07) is 5.96. The van der Waals surface area contributed by atoms with Crippen LogP contribution in [-0.4, -0.2) is 27.8 Å². The number of nitrogen functional groups attached to an aromatic ring is 1. The Balaban J connectivity index is 2.22. The summed E-state index contributed by atoms with van der Waals surface area (Å²) in [4.78, 5) is 24.6. The standard InChI is InChI=1S/C24H29F3N6O2/c1-13(22(35)31-19(34)10-17(29)11-23(3,4)5)15-6-8-16(9-7-15)20-18(12-28)21(30)33(32-20)14(2)24(25,26)27/h6-10,13-14H,11,29-30H2,1-5H3,(H,31,34,35). The van der Waals surface area contributed by atoms with E-state index < -0.39 is 30.0 Å². The lowest BCUT2D eigenvalue weighted by Gasteiger charge is -2.18. The number of carbonyl (C=O) groups is 2. The average Bonchev–Trinajstić information content (AvgIpc) is 3.06. The monoisotopic (exact) mass is 490 g/mol. The number of nitrogens with zero attached hydrogens (tertiary/aromatic N) is 3. The second-order valence-corrected chi connectivity index (χ2v) is 9.54. The van der Waals surface area contributed by atoms with E-state index in [1.165, 1.54) is 18.2 Å². The highest BCUT2D eigenvalue weighted by Gasteiger charge is 2.40. The third-order valence-corrected chi connectivity index (χ3v) is 5.27. The maximum Gasteiger partial charge on any atom is 0.410 e. The number of alkyl halides is 3. The molecule has 11 heteroatoms. The Labute approximate surface area is 201 Å². The lowest BCUT2D eigenvalue weighted by molar-refractivity contribution is -0.164. The summed E-state index contributed by atoms with van der Waals surface area (Å²) in [7, 11) is 0. The van der Waals surface area contributed by atoms with Crippen LogP contribution < -0.4 is 16.8 Å². The van der Waals surface area contributed by atoms with Gasteiger partial charge in [0.15, 0.2) is 0 Å². The van der Waals surface area contributed by atoms with E-state index in [0.29, 0.717) is 27.9 Å². The Hall–Kier alpha value is -3.81. The number of allylic oxidation sites excluding steroid dienone is 1. The number of amides is 2. The number of imide groups is 1. The maximum atomic E-state index is 13.1. The van der Waals surface area contributed by atoms with Gasteiger partial charge in [-0.2, -0.15) is 23.5 Å². The van der Waals surface area contributed by atoms with Crippen molar-refractivity contribution in [2.45, 2.75) is 59.2 Å². The molecule has 1 aromatic heterocycles. The van der Waals surface area contributed by atoms with Crippen LogP contribution in [0.2, 0.25) is 0 Å². The fourth-order valence-electron chi connectivity index (χ4n) is 3.37. The van der Waals surface area contributed by atoms with Crippen LogP contribution in [0.3, 0.4) is 0 Å². The van der Waals surface area contributed by atoms with E-state index in [0.717, 1.165) is 6.92 Å². The predicted octanol–water partition coefficient (Wildman–Crippen LogP) is 4.15. The smallest absolute Gasteiger partial charge is 0.402 e. The average molecular weight is 491 g/mol. The number of rotatable bonds is 6. The van der Waals surface area contributed by atoms with E-state index in [9.17, 15) is 28.0 Å². The van der Waals surface area contributed by atoms with Gasteiger partial charge in [-0.05, 0) is 31.2 Å².